The van der Waals surface area contributed by atoms with Crippen LogP contribution in [0.25, 0.3) is 0 Å². The van der Waals surface area contributed by atoms with Gasteiger partial charge in [0.25, 0.3) is 5.91 Å². The predicted molar refractivity (Wildman–Crippen MR) is 102 cm³/mol. The second kappa shape index (κ2) is 7.45. The Bertz CT molecular complexity index is 888. The minimum atomic E-state index is -0.126. The minimum Gasteiger partial charge on any atom is -0.338 e. The van der Waals surface area contributed by atoms with Gasteiger partial charge < -0.3 is 4.90 Å². The highest BCUT2D eigenvalue weighted by molar-refractivity contribution is 6.36. The first-order valence-electron chi connectivity index (χ1n) is 8.69. The maximum absolute atomic E-state index is 12.9. The number of piperidine rings is 1. The number of carbonyl (C=O) groups excluding carboxylic acids is 1. The zero-order valence-electron chi connectivity index (χ0n) is 15.1. The predicted octanol–water partition coefficient (Wildman–Crippen LogP) is 3.49. The van der Waals surface area contributed by atoms with E-state index in [1.165, 1.54) is 4.68 Å². The molecule has 2 heterocycles. The average Bonchev–Trinajstić information content (AvgIpc) is 2.90. The lowest BCUT2D eigenvalue weighted by molar-refractivity contribution is 0.0703. The molecule has 1 aromatic heterocycles. The van der Waals surface area contributed by atoms with Crippen molar-refractivity contribution in [2.24, 2.45) is 7.05 Å². The highest BCUT2D eigenvalue weighted by Crippen LogP contribution is 2.29. The van der Waals surface area contributed by atoms with E-state index in [1.54, 1.807) is 34.7 Å². The SMILES string of the molecule is CC(C)n1c(C2CCCN(C(=O)c3ccc(Cl)cc3Cl)C2)nn(C)c1=O. The van der Waals surface area contributed by atoms with Gasteiger partial charge in [0, 0.05) is 37.1 Å². The van der Waals surface area contributed by atoms with Crippen LogP contribution in [0.2, 0.25) is 10.0 Å². The van der Waals surface area contributed by atoms with Crippen LogP contribution in [0.15, 0.2) is 23.0 Å². The van der Waals surface area contributed by atoms with E-state index in [0.717, 1.165) is 18.7 Å². The Hall–Kier alpha value is -1.79. The first-order chi connectivity index (χ1) is 12.3. The highest BCUT2D eigenvalue weighted by atomic mass is 35.5. The largest absolute Gasteiger partial charge is 0.345 e. The highest BCUT2D eigenvalue weighted by Gasteiger charge is 2.30. The number of benzene rings is 1. The van der Waals surface area contributed by atoms with Crippen molar-refractivity contribution in [3.05, 3.63) is 50.1 Å². The maximum atomic E-state index is 12.9. The summed E-state index contributed by atoms with van der Waals surface area (Å²) in [4.78, 5) is 27.0. The summed E-state index contributed by atoms with van der Waals surface area (Å²) in [5.74, 6) is 0.646. The van der Waals surface area contributed by atoms with E-state index in [4.69, 9.17) is 23.2 Å². The van der Waals surface area contributed by atoms with Gasteiger partial charge in [-0.25, -0.2) is 9.48 Å². The third-order valence-corrected chi connectivity index (χ3v) is 5.28. The fraction of sp³-hybridized carbons (Fsp3) is 0.500. The topological polar surface area (TPSA) is 60.1 Å². The van der Waals surface area contributed by atoms with Crippen molar-refractivity contribution in [3.8, 4) is 0 Å². The molecule has 1 aliphatic heterocycles. The van der Waals surface area contributed by atoms with E-state index < -0.39 is 0 Å². The second-order valence-corrected chi connectivity index (χ2v) is 7.79. The van der Waals surface area contributed by atoms with Crippen LogP contribution in [-0.4, -0.2) is 38.2 Å². The van der Waals surface area contributed by atoms with Gasteiger partial charge in [-0.2, -0.15) is 5.10 Å². The Balaban J connectivity index is 1.87. The number of hydrogen-bond donors (Lipinski definition) is 0. The van der Waals surface area contributed by atoms with Gasteiger partial charge in [0.05, 0.1) is 10.6 Å². The van der Waals surface area contributed by atoms with Crippen molar-refractivity contribution in [3.63, 3.8) is 0 Å². The Kier molecular flexibility index (Phi) is 5.44. The molecule has 0 saturated carbocycles. The smallest absolute Gasteiger partial charge is 0.338 e. The minimum absolute atomic E-state index is 0.0167. The molecule has 6 nitrogen and oxygen atoms in total. The molecule has 0 spiro atoms. The van der Waals surface area contributed by atoms with E-state index in [1.807, 2.05) is 13.8 Å². The molecule has 2 aromatic rings. The van der Waals surface area contributed by atoms with Crippen LogP contribution >= 0.6 is 23.2 Å². The molecular formula is C18H22Cl2N4O2. The second-order valence-electron chi connectivity index (χ2n) is 6.94. The Morgan fingerprint density at radius 2 is 2.04 bits per heavy atom. The van der Waals surface area contributed by atoms with Crippen LogP contribution in [0.4, 0.5) is 0 Å². The van der Waals surface area contributed by atoms with Crippen LogP contribution in [-0.2, 0) is 7.05 Å². The summed E-state index contributed by atoms with van der Waals surface area (Å²) in [6, 6.07) is 4.91. The van der Waals surface area contributed by atoms with Crippen molar-refractivity contribution in [2.75, 3.05) is 13.1 Å². The van der Waals surface area contributed by atoms with Crippen LogP contribution in [0.3, 0.4) is 0 Å². The lowest BCUT2D eigenvalue weighted by atomic mass is 9.96. The summed E-state index contributed by atoms with van der Waals surface area (Å²) >= 11 is 12.1. The molecule has 3 rings (SSSR count). The molecule has 1 atom stereocenters. The molecule has 1 aliphatic rings. The number of likely N-dealkylation sites (tertiary alicyclic amines) is 1. The fourth-order valence-electron chi connectivity index (χ4n) is 3.47. The van der Waals surface area contributed by atoms with Crippen molar-refractivity contribution in [2.45, 2.75) is 38.6 Å². The van der Waals surface area contributed by atoms with Crippen LogP contribution in [0.1, 0.15) is 54.8 Å². The molecule has 1 amide bonds. The van der Waals surface area contributed by atoms with Crippen molar-refractivity contribution in [1.29, 1.82) is 0 Å². The van der Waals surface area contributed by atoms with Crippen LogP contribution in [0, 0.1) is 0 Å². The van der Waals surface area contributed by atoms with Crippen LogP contribution < -0.4 is 5.69 Å². The number of carbonyl (C=O) groups is 1. The number of halogens is 2. The number of nitrogens with zero attached hydrogens (tertiary/aromatic N) is 4. The van der Waals surface area contributed by atoms with E-state index in [-0.39, 0.29) is 23.6 Å². The monoisotopic (exact) mass is 396 g/mol. The zero-order valence-corrected chi connectivity index (χ0v) is 16.6. The maximum Gasteiger partial charge on any atom is 0.345 e. The first-order valence-corrected chi connectivity index (χ1v) is 9.45. The quantitative estimate of drug-likeness (QED) is 0.797. The van der Waals surface area contributed by atoms with Crippen molar-refractivity contribution in [1.82, 2.24) is 19.2 Å². The molecular weight excluding hydrogens is 375 g/mol. The van der Waals surface area contributed by atoms with Gasteiger partial charge in [0.2, 0.25) is 0 Å². The van der Waals surface area contributed by atoms with Gasteiger partial charge in [0.1, 0.15) is 5.82 Å². The number of amides is 1. The molecule has 1 fully saturated rings. The Morgan fingerprint density at radius 3 is 2.69 bits per heavy atom. The van der Waals surface area contributed by atoms with E-state index in [9.17, 15) is 9.59 Å². The third-order valence-electron chi connectivity index (χ3n) is 4.73. The summed E-state index contributed by atoms with van der Waals surface area (Å²) in [5.41, 5.74) is 0.318. The normalized spacial score (nSPS) is 17.8. The molecule has 1 saturated heterocycles. The molecule has 8 heteroatoms. The number of aryl methyl sites for hydroxylation is 1. The summed E-state index contributed by atoms with van der Waals surface area (Å²) in [6.07, 6.45) is 1.74. The van der Waals surface area contributed by atoms with Gasteiger partial charge >= 0.3 is 5.69 Å². The van der Waals surface area contributed by atoms with Crippen molar-refractivity contribution < 1.29 is 4.79 Å². The van der Waals surface area contributed by atoms with E-state index >= 15 is 0 Å². The van der Waals surface area contributed by atoms with Gasteiger partial charge in [-0.15, -0.1) is 0 Å². The average molecular weight is 397 g/mol. The molecule has 0 N–H and O–H groups in total. The number of rotatable bonds is 3. The molecule has 0 radical (unpaired) electrons. The van der Waals surface area contributed by atoms with E-state index in [2.05, 4.69) is 5.10 Å². The van der Waals surface area contributed by atoms with Crippen LogP contribution in [0.5, 0.6) is 0 Å². The van der Waals surface area contributed by atoms with E-state index in [0.29, 0.717) is 28.7 Å². The van der Waals surface area contributed by atoms with Gasteiger partial charge in [-0.1, -0.05) is 23.2 Å². The lowest BCUT2D eigenvalue weighted by Gasteiger charge is -2.33. The molecule has 1 aromatic carbocycles. The Morgan fingerprint density at radius 1 is 1.31 bits per heavy atom. The standard InChI is InChI=1S/C18H22Cl2N4O2/c1-11(2)24-16(21-22(3)18(24)26)12-5-4-8-23(10-12)17(25)14-7-6-13(19)9-15(14)20/h6-7,9,11-12H,4-5,8,10H2,1-3H3. The zero-order chi connectivity index (χ0) is 19.0. The van der Waals surface area contributed by atoms with Crippen molar-refractivity contribution >= 4 is 29.1 Å². The number of hydrogen-bond acceptors (Lipinski definition) is 3. The lowest BCUT2D eigenvalue weighted by Crippen LogP contribution is -2.40. The van der Waals surface area contributed by atoms with Gasteiger partial charge in [-0.05, 0) is 44.9 Å². The summed E-state index contributed by atoms with van der Waals surface area (Å²) in [5, 5.41) is 5.28. The third kappa shape index (κ3) is 3.53. The summed E-state index contributed by atoms with van der Waals surface area (Å²) < 4.78 is 3.08. The Labute approximate surface area is 162 Å². The molecule has 0 aliphatic carbocycles. The van der Waals surface area contributed by atoms with Gasteiger partial charge in [0.15, 0.2) is 0 Å². The number of aromatic nitrogens is 3. The van der Waals surface area contributed by atoms with Gasteiger partial charge in [-0.3, -0.25) is 9.36 Å². The first kappa shape index (κ1) is 19.0. The molecule has 1 unspecified atom stereocenters. The summed E-state index contributed by atoms with van der Waals surface area (Å²) in [7, 11) is 1.66. The fourth-order valence-corrected chi connectivity index (χ4v) is 3.96. The molecule has 140 valence electrons. The molecule has 26 heavy (non-hydrogen) atoms. The molecule has 0 bridgehead atoms. The summed E-state index contributed by atoms with van der Waals surface area (Å²) in [6.45, 7) is 5.10.